The molecule has 3 heterocycles. The number of piperidine rings is 1. The Bertz CT molecular complexity index is 989. The fraction of sp³-hybridized carbons (Fsp3) is 0.304. The molecule has 0 unspecified atom stereocenters. The Morgan fingerprint density at radius 3 is 2.70 bits per heavy atom. The first kappa shape index (κ1) is 19.8. The van der Waals surface area contributed by atoms with Crippen LogP contribution < -0.4 is 10.1 Å². The van der Waals surface area contributed by atoms with Crippen LogP contribution in [-0.2, 0) is 4.79 Å². The number of rotatable bonds is 7. The van der Waals surface area contributed by atoms with Crippen LogP contribution in [-0.4, -0.2) is 45.4 Å². The summed E-state index contributed by atoms with van der Waals surface area (Å²) in [6, 6.07) is 11.8. The summed E-state index contributed by atoms with van der Waals surface area (Å²) in [4.78, 5) is 26.9. The topological polar surface area (TPSA) is 80.2 Å². The van der Waals surface area contributed by atoms with Crippen molar-refractivity contribution in [3.8, 4) is 22.9 Å². The van der Waals surface area contributed by atoms with Crippen molar-refractivity contribution in [1.29, 1.82) is 0 Å². The van der Waals surface area contributed by atoms with Crippen LogP contribution in [0.2, 0.25) is 0 Å². The quantitative estimate of drug-likeness (QED) is 0.641. The van der Waals surface area contributed by atoms with Crippen molar-refractivity contribution >= 4 is 11.7 Å². The summed E-state index contributed by atoms with van der Waals surface area (Å²) < 4.78 is 5.84. The third-order valence-corrected chi connectivity index (χ3v) is 5.01. The van der Waals surface area contributed by atoms with Crippen molar-refractivity contribution < 1.29 is 9.53 Å². The van der Waals surface area contributed by atoms with Crippen LogP contribution in [0.15, 0.2) is 55.0 Å². The number of nitrogens with one attached hydrogen (secondary N) is 1. The standard InChI is InChI=1S/C23H25N5O2/c1-17-5-10-20(26-14-17)18-6-8-19(9-7-18)30-22-16-24-15-21(27-22)25-11-13-28-12-3-2-4-23(28)29/h5-10,14-16H,2-4,11-13H2,1H3,(H,25,27). The molecule has 154 valence electrons. The number of nitrogens with zero attached hydrogens (tertiary/aromatic N) is 4. The molecular formula is C23H25N5O2. The molecule has 30 heavy (non-hydrogen) atoms. The minimum absolute atomic E-state index is 0.232. The summed E-state index contributed by atoms with van der Waals surface area (Å²) in [6.07, 6.45) is 7.81. The maximum absolute atomic E-state index is 11.9. The Kier molecular flexibility index (Phi) is 6.17. The van der Waals surface area contributed by atoms with E-state index in [1.807, 2.05) is 54.4 Å². The van der Waals surface area contributed by atoms with Gasteiger partial charge in [0.15, 0.2) is 0 Å². The normalized spacial score (nSPS) is 13.9. The molecule has 1 saturated heterocycles. The van der Waals surface area contributed by atoms with E-state index in [2.05, 4.69) is 20.3 Å². The Morgan fingerprint density at radius 2 is 1.93 bits per heavy atom. The Hall–Kier alpha value is -3.48. The molecule has 3 aromatic rings. The number of ether oxygens (including phenoxy) is 1. The third kappa shape index (κ3) is 5.11. The van der Waals surface area contributed by atoms with E-state index in [1.165, 1.54) is 0 Å². The molecule has 0 aliphatic carbocycles. The number of likely N-dealkylation sites (tertiary alicyclic amines) is 1. The van der Waals surface area contributed by atoms with Crippen molar-refractivity contribution in [3.05, 3.63) is 60.6 Å². The van der Waals surface area contributed by atoms with Crippen LogP contribution in [0.25, 0.3) is 11.3 Å². The van der Waals surface area contributed by atoms with Gasteiger partial charge in [-0.1, -0.05) is 6.07 Å². The van der Waals surface area contributed by atoms with Crippen molar-refractivity contribution in [1.82, 2.24) is 19.9 Å². The number of hydrogen-bond donors (Lipinski definition) is 1. The Labute approximate surface area is 176 Å². The molecule has 0 radical (unpaired) electrons. The number of benzene rings is 1. The second kappa shape index (κ2) is 9.35. The van der Waals surface area contributed by atoms with Crippen LogP contribution in [0.3, 0.4) is 0 Å². The zero-order valence-corrected chi connectivity index (χ0v) is 17.0. The van der Waals surface area contributed by atoms with E-state index in [4.69, 9.17) is 4.74 Å². The van der Waals surface area contributed by atoms with E-state index < -0.39 is 0 Å². The van der Waals surface area contributed by atoms with Crippen molar-refractivity contribution in [2.24, 2.45) is 0 Å². The summed E-state index contributed by atoms with van der Waals surface area (Å²) in [5.41, 5.74) is 3.08. The van der Waals surface area contributed by atoms with E-state index >= 15 is 0 Å². The molecular weight excluding hydrogens is 378 g/mol. The zero-order chi connectivity index (χ0) is 20.8. The first-order chi connectivity index (χ1) is 14.7. The molecule has 1 fully saturated rings. The molecule has 7 heteroatoms. The largest absolute Gasteiger partial charge is 0.437 e. The van der Waals surface area contributed by atoms with Crippen molar-refractivity contribution in [3.63, 3.8) is 0 Å². The molecule has 4 rings (SSSR count). The summed E-state index contributed by atoms with van der Waals surface area (Å²) >= 11 is 0. The molecule has 0 spiro atoms. The van der Waals surface area contributed by atoms with Crippen LogP contribution in [0.4, 0.5) is 5.82 Å². The van der Waals surface area contributed by atoms with Crippen molar-refractivity contribution in [2.45, 2.75) is 26.2 Å². The molecule has 0 bridgehead atoms. The first-order valence-electron chi connectivity index (χ1n) is 10.2. The number of pyridine rings is 1. The number of aryl methyl sites for hydroxylation is 1. The smallest absolute Gasteiger partial charge is 0.239 e. The molecule has 1 aliphatic heterocycles. The predicted octanol–water partition coefficient (Wildman–Crippen LogP) is 4.06. The van der Waals surface area contributed by atoms with E-state index in [-0.39, 0.29) is 5.91 Å². The lowest BCUT2D eigenvalue weighted by atomic mass is 10.1. The van der Waals surface area contributed by atoms with Gasteiger partial charge in [-0.15, -0.1) is 0 Å². The molecule has 1 amide bonds. The highest BCUT2D eigenvalue weighted by Gasteiger charge is 2.17. The highest BCUT2D eigenvalue weighted by Crippen LogP contribution is 2.24. The lowest BCUT2D eigenvalue weighted by Crippen LogP contribution is -2.38. The van der Waals surface area contributed by atoms with Gasteiger partial charge in [-0.2, -0.15) is 4.98 Å². The van der Waals surface area contributed by atoms with Crippen molar-refractivity contribution in [2.75, 3.05) is 25.0 Å². The van der Waals surface area contributed by atoms with Gasteiger partial charge in [0.05, 0.1) is 18.1 Å². The molecule has 1 N–H and O–H groups in total. The van der Waals surface area contributed by atoms with Gasteiger partial charge in [0.25, 0.3) is 0 Å². The maximum Gasteiger partial charge on any atom is 0.239 e. The monoisotopic (exact) mass is 403 g/mol. The molecule has 2 aromatic heterocycles. The SMILES string of the molecule is Cc1ccc(-c2ccc(Oc3cncc(NCCN4CCCCC4=O)n3)cc2)nc1. The fourth-order valence-electron chi connectivity index (χ4n) is 3.35. The van der Waals surface area contributed by atoms with E-state index in [0.717, 1.165) is 36.2 Å². The summed E-state index contributed by atoms with van der Waals surface area (Å²) in [7, 11) is 0. The number of aromatic nitrogens is 3. The number of carbonyl (C=O) groups excluding carboxylic acids is 1. The van der Waals surface area contributed by atoms with Gasteiger partial charge < -0.3 is 15.0 Å². The number of carbonyl (C=O) groups is 1. The third-order valence-electron chi connectivity index (χ3n) is 5.01. The number of amides is 1. The summed E-state index contributed by atoms with van der Waals surface area (Å²) in [6.45, 7) is 4.15. The predicted molar refractivity (Wildman–Crippen MR) is 115 cm³/mol. The zero-order valence-electron chi connectivity index (χ0n) is 17.0. The van der Waals surface area contributed by atoms with Gasteiger partial charge in [-0.3, -0.25) is 14.8 Å². The summed E-state index contributed by atoms with van der Waals surface area (Å²) in [5.74, 6) is 1.94. The van der Waals surface area contributed by atoms with Gasteiger partial charge in [0.1, 0.15) is 11.6 Å². The molecule has 0 atom stereocenters. The lowest BCUT2D eigenvalue weighted by Gasteiger charge is -2.26. The second-order valence-corrected chi connectivity index (χ2v) is 7.35. The minimum atomic E-state index is 0.232. The average Bonchev–Trinajstić information content (AvgIpc) is 2.77. The maximum atomic E-state index is 11.9. The van der Waals surface area contributed by atoms with E-state index in [0.29, 0.717) is 37.0 Å². The Morgan fingerprint density at radius 1 is 1.07 bits per heavy atom. The number of anilines is 1. The average molecular weight is 403 g/mol. The van der Waals surface area contributed by atoms with Gasteiger partial charge in [-0.25, -0.2) is 0 Å². The van der Waals surface area contributed by atoms with Crippen LogP contribution in [0.5, 0.6) is 11.6 Å². The second-order valence-electron chi connectivity index (χ2n) is 7.35. The molecule has 1 aromatic carbocycles. The molecule has 7 nitrogen and oxygen atoms in total. The Balaban J connectivity index is 1.33. The van der Waals surface area contributed by atoms with E-state index in [1.54, 1.807) is 12.4 Å². The van der Waals surface area contributed by atoms with Crippen LogP contribution >= 0.6 is 0 Å². The first-order valence-corrected chi connectivity index (χ1v) is 10.2. The van der Waals surface area contributed by atoms with Gasteiger partial charge >= 0.3 is 0 Å². The summed E-state index contributed by atoms with van der Waals surface area (Å²) in [5, 5.41) is 3.22. The van der Waals surface area contributed by atoms with Crippen LogP contribution in [0, 0.1) is 6.92 Å². The molecule has 1 aliphatic rings. The van der Waals surface area contributed by atoms with Gasteiger partial charge in [-0.05, 0) is 55.7 Å². The number of hydrogen-bond acceptors (Lipinski definition) is 6. The fourth-order valence-corrected chi connectivity index (χ4v) is 3.35. The molecule has 0 saturated carbocycles. The van der Waals surface area contributed by atoms with Crippen LogP contribution in [0.1, 0.15) is 24.8 Å². The van der Waals surface area contributed by atoms with E-state index in [9.17, 15) is 4.79 Å². The van der Waals surface area contributed by atoms with Gasteiger partial charge in [0, 0.05) is 37.8 Å². The lowest BCUT2D eigenvalue weighted by molar-refractivity contribution is -0.133. The minimum Gasteiger partial charge on any atom is -0.437 e. The van der Waals surface area contributed by atoms with Gasteiger partial charge in [0.2, 0.25) is 11.8 Å². The highest BCUT2D eigenvalue weighted by molar-refractivity contribution is 5.76. The highest BCUT2D eigenvalue weighted by atomic mass is 16.5.